The van der Waals surface area contributed by atoms with Crippen LogP contribution < -0.4 is 4.90 Å². The fourth-order valence-corrected chi connectivity index (χ4v) is 3.39. The summed E-state index contributed by atoms with van der Waals surface area (Å²) in [6.45, 7) is 1.66. The number of aryl methyl sites for hydroxylation is 1. The molecule has 8 heteroatoms. The number of aromatic nitrogens is 1. The second-order valence-electron chi connectivity index (χ2n) is 6.52. The van der Waals surface area contributed by atoms with Crippen LogP contribution in [0.25, 0.3) is 5.76 Å². The Morgan fingerprint density at radius 3 is 2.38 bits per heavy atom. The fraction of sp³-hybridized carbons (Fsp3) is 0.0952. The minimum absolute atomic E-state index is 0.135. The fourth-order valence-electron chi connectivity index (χ4n) is 3.26. The van der Waals surface area contributed by atoms with Crippen molar-refractivity contribution in [3.8, 4) is 0 Å². The van der Waals surface area contributed by atoms with Crippen molar-refractivity contribution in [2.45, 2.75) is 13.0 Å². The van der Waals surface area contributed by atoms with Gasteiger partial charge in [-0.2, -0.15) is 0 Å². The van der Waals surface area contributed by atoms with Crippen molar-refractivity contribution >= 4 is 34.9 Å². The molecule has 1 aliphatic rings. The molecule has 0 aliphatic carbocycles. The first-order valence-electron chi connectivity index (χ1n) is 8.62. The molecule has 6 nitrogen and oxygen atoms in total. The first-order chi connectivity index (χ1) is 13.9. The summed E-state index contributed by atoms with van der Waals surface area (Å²) in [5, 5.41) is 15.2. The van der Waals surface area contributed by atoms with Crippen LogP contribution in [0.1, 0.15) is 22.9 Å². The van der Waals surface area contributed by atoms with Crippen molar-refractivity contribution in [2.24, 2.45) is 0 Å². The maximum Gasteiger partial charge on any atom is 0.301 e. The van der Waals surface area contributed by atoms with Crippen molar-refractivity contribution in [1.82, 2.24) is 5.16 Å². The zero-order valence-corrected chi connectivity index (χ0v) is 15.9. The summed E-state index contributed by atoms with van der Waals surface area (Å²) in [6, 6.07) is 12.1. The van der Waals surface area contributed by atoms with E-state index in [-0.39, 0.29) is 17.0 Å². The second kappa shape index (κ2) is 7.18. The van der Waals surface area contributed by atoms with E-state index in [0.717, 1.165) is 17.0 Å². The molecule has 2 heterocycles. The molecule has 3 aromatic rings. The summed E-state index contributed by atoms with van der Waals surface area (Å²) in [6.07, 6.45) is 0. The van der Waals surface area contributed by atoms with E-state index in [4.69, 9.17) is 16.1 Å². The molecule has 1 amide bonds. The highest BCUT2D eigenvalue weighted by Gasteiger charge is 2.48. The van der Waals surface area contributed by atoms with Crippen molar-refractivity contribution in [2.75, 3.05) is 4.90 Å². The van der Waals surface area contributed by atoms with E-state index in [1.165, 1.54) is 18.2 Å². The third-order valence-corrected chi connectivity index (χ3v) is 4.86. The quantitative estimate of drug-likeness (QED) is 0.391. The summed E-state index contributed by atoms with van der Waals surface area (Å²) in [4.78, 5) is 26.9. The number of carbonyl (C=O) groups is 2. The largest absolute Gasteiger partial charge is 0.507 e. The van der Waals surface area contributed by atoms with Gasteiger partial charge in [-0.05, 0) is 48.9 Å². The van der Waals surface area contributed by atoms with Crippen LogP contribution in [0.3, 0.4) is 0 Å². The van der Waals surface area contributed by atoms with Crippen LogP contribution in [-0.4, -0.2) is 22.0 Å². The summed E-state index contributed by atoms with van der Waals surface area (Å²) >= 11 is 5.97. The molecule has 1 saturated heterocycles. The van der Waals surface area contributed by atoms with Crippen LogP contribution in [0.2, 0.25) is 5.02 Å². The lowest BCUT2D eigenvalue weighted by Crippen LogP contribution is -2.29. The van der Waals surface area contributed by atoms with Crippen molar-refractivity contribution in [1.29, 1.82) is 0 Å². The Labute approximate surface area is 169 Å². The van der Waals surface area contributed by atoms with Crippen LogP contribution in [0.5, 0.6) is 0 Å². The Kier molecular flexibility index (Phi) is 4.68. The molecule has 0 radical (unpaired) electrons. The standard InChI is InChI=1S/C21H14ClFN2O4/c1-11-10-16(24-29-11)25-18(12-2-6-14(22)7-3-12)17(20(27)21(25)28)19(26)13-4-8-15(23)9-5-13/h2-10,18,26H,1H3. The highest BCUT2D eigenvalue weighted by atomic mass is 35.5. The van der Waals surface area contributed by atoms with Crippen molar-refractivity contribution < 1.29 is 23.6 Å². The highest BCUT2D eigenvalue weighted by Crippen LogP contribution is 2.42. The number of hydrogen-bond acceptors (Lipinski definition) is 5. The van der Waals surface area contributed by atoms with Crippen molar-refractivity contribution in [3.63, 3.8) is 0 Å². The molecule has 1 N–H and O–H groups in total. The van der Waals surface area contributed by atoms with E-state index in [2.05, 4.69) is 5.16 Å². The number of carbonyl (C=O) groups excluding carboxylic acids is 2. The SMILES string of the molecule is Cc1cc(N2C(=O)C(=O)C(=C(O)c3ccc(F)cc3)C2c2ccc(Cl)cc2)no1. The molecule has 0 bridgehead atoms. The van der Waals surface area contributed by atoms with Gasteiger partial charge < -0.3 is 9.63 Å². The lowest BCUT2D eigenvalue weighted by molar-refractivity contribution is -0.132. The van der Waals surface area contributed by atoms with Crippen LogP contribution in [-0.2, 0) is 9.59 Å². The third-order valence-electron chi connectivity index (χ3n) is 4.61. The second-order valence-corrected chi connectivity index (χ2v) is 6.96. The Balaban J connectivity index is 1.93. The number of halogens is 2. The summed E-state index contributed by atoms with van der Waals surface area (Å²) in [5.74, 6) is -2.05. The van der Waals surface area contributed by atoms with E-state index >= 15 is 0 Å². The number of aliphatic hydroxyl groups is 1. The zero-order chi connectivity index (χ0) is 20.7. The third kappa shape index (κ3) is 3.30. The number of anilines is 1. The molecule has 1 aliphatic heterocycles. The summed E-state index contributed by atoms with van der Waals surface area (Å²) < 4.78 is 18.3. The maximum atomic E-state index is 13.3. The molecule has 1 aromatic heterocycles. The number of ketones is 1. The monoisotopic (exact) mass is 412 g/mol. The van der Waals surface area contributed by atoms with Crippen LogP contribution >= 0.6 is 11.6 Å². The van der Waals surface area contributed by atoms with Gasteiger partial charge in [0, 0.05) is 16.7 Å². The lowest BCUT2D eigenvalue weighted by atomic mass is 9.95. The maximum absolute atomic E-state index is 13.3. The van der Waals surface area contributed by atoms with E-state index in [1.807, 2.05) is 0 Å². The Hall–Kier alpha value is -3.45. The van der Waals surface area contributed by atoms with E-state index in [9.17, 15) is 19.1 Å². The normalized spacial score (nSPS) is 18.4. The number of aliphatic hydroxyl groups excluding tert-OH is 1. The number of rotatable bonds is 3. The van der Waals surface area contributed by atoms with Gasteiger partial charge in [-0.25, -0.2) is 4.39 Å². The van der Waals surface area contributed by atoms with Gasteiger partial charge in [0.15, 0.2) is 5.82 Å². The van der Waals surface area contributed by atoms with Gasteiger partial charge in [0.05, 0.1) is 11.6 Å². The molecular weight excluding hydrogens is 399 g/mol. The van der Waals surface area contributed by atoms with Gasteiger partial charge in [0.25, 0.3) is 5.78 Å². The van der Waals surface area contributed by atoms with Crippen LogP contribution in [0.15, 0.2) is 64.7 Å². The molecule has 29 heavy (non-hydrogen) atoms. The van der Waals surface area contributed by atoms with Gasteiger partial charge in [0.2, 0.25) is 0 Å². The zero-order valence-electron chi connectivity index (χ0n) is 15.1. The molecule has 1 unspecified atom stereocenters. The Morgan fingerprint density at radius 1 is 1.14 bits per heavy atom. The number of amides is 1. The minimum atomic E-state index is -0.957. The first-order valence-corrected chi connectivity index (χ1v) is 9.00. The molecule has 0 spiro atoms. The smallest absolute Gasteiger partial charge is 0.301 e. The summed E-state index contributed by atoms with van der Waals surface area (Å²) in [5.41, 5.74) is 0.613. The summed E-state index contributed by atoms with van der Waals surface area (Å²) in [7, 11) is 0. The van der Waals surface area contributed by atoms with E-state index in [0.29, 0.717) is 16.3 Å². The van der Waals surface area contributed by atoms with Gasteiger partial charge in [0.1, 0.15) is 17.3 Å². The number of Topliss-reactive ketones (excluding diaryl/α,β-unsaturated/α-hetero) is 1. The number of benzene rings is 2. The molecule has 4 rings (SSSR count). The molecule has 1 atom stereocenters. The average Bonchev–Trinajstić information content (AvgIpc) is 3.24. The molecule has 0 saturated carbocycles. The lowest BCUT2D eigenvalue weighted by Gasteiger charge is -2.22. The molecular formula is C21H14ClFN2O4. The van der Waals surface area contributed by atoms with Crippen molar-refractivity contribution in [3.05, 3.63) is 87.9 Å². The van der Waals surface area contributed by atoms with Gasteiger partial charge >= 0.3 is 5.91 Å². The molecule has 2 aromatic carbocycles. The van der Waals surface area contributed by atoms with Gasteiger partial charge in [-0.3, -0.25) is 14.5 Å². The first kappa shape index (κ1) is 18.9. The molecule has 1 fully saturated rings. The molecule has 146 valence electrons. The van der Waals surface area contributed by atoms with Gasteiger partial charge in [-0.15, -0.1) is 0 Å². The number of nitrogens with zero attached hydrogens (tertiary/aromatic N) is 2. The predicted molar refractivity (Wildman–Crippen MR) is 104 cm³/mol. The van der Waals surface area contributed by atoms with Crippen LogP contribution in [0.4, 0.5) is 10.2 Å². The average molecular weight is 413 g/mol. The Morgan fingerprint density at radius 2 is 1.79 bits per heavy atom. The minimum Gasteiger partial charge on any atom is -0.507 e. The van der Waals surface area contributed by atoms with E-state index in [1.54, 1.807) is 31.2 Å². The predicted octanol–water partition coefficient (Wildman–Crippen LogP) is 4.40. The van der Waals surface area contributed by atoms with Gasteiger partial charge in [-0.1, -0.05) is 28.9 Å². The Bertz CT molecular complexity index is 1140. The topological polar surface area (TPSA) is 83.6 Å². The van der Waals surface area contributed by atoms with Crippen LogP contribution in [0, 0.1) is 12.7 Å². The number of hydrogen-bond donors (Lipinski definition) is 1. The van der Waals surface area contributed by atoms with E-state index < -0.39 is 29.3 Å². The highest BCUT2D eigenvalue weighted by molar-refractivity contribution is 6.51.